The monoisotopic (exact) mass is 514 g/mol. The van der Waals surface area contributed by atoms with Crippen LogP contribution in [0.25, 0.3) is 0 Å². The topological polar surface area (TPSA) is 75.0 Å². The van der Waals surface area contributed by atoms with Gasteiger partial charge in [-0.1, -0.05) is 52.2 Å². The number of benzene rings is 2. The van der Waals surface area contributed by atoms with Gasteiger partial charge in [-0.05, 0) is 69.3 Å². The summed E-state index contributed by atoms with van der Waals surface area (Å²) >= 11 is 0. The number of nitrogens with two attached hydrogens (primary N) is 1. The van der Waals surface area contributed by atoms with Gasteiger partial charge in [0, 0.05) is 25.2 Å². The minimum Gasteiger partial charge on any atom is -0.493 e. The predicted molar refractivity (Wildman–Crippen MR) is 153 cm³/mol. The largest absolute Gasteiger partial charge is 0.493 e. The highest BCUT2D eigenvalue weighted by atomic mass is 16.5. The molecule has 1 unspecified atom stereocenters. The van der Waals surface area contributed by atoms with Crippen molar-refractivity contribution in [3.8, 4) is 23.0 Å². The zero-order valence-corrected chi connectivity index (χ0v) is 23.7. The molecule has 0 bridgehead atoms. The van der Waals surface area contributed by atoms with Crippen molar-refractivity contribution in [3.63, 3.8) is 0 Å². The van der Waals surface area contributed by atoms with E-state index in [0.717, 1.165) is 74.8 Å². The summed E-state index contributed by atoms with van der Waals surface area (Å²) in [4.78, 5) is 0. The fourth-order valence-electron chi connectivity index (χ4n) is 4.11. The van der Waals surface area contributed by atoms with E-state index in [0.29, 0.717) is 25.0 Å². The fourth-order valence-corrected chi connectivity index (χ4v) is 4.11. The van der Waals surface area contributed by atoms with Gasteiger partial charge in [0.15, 0.2) is 0 Å². The summed E-state index contributed by atoms with van der Waals surface area (Å²) in [6, 6.07) is 15.8. The SMILES string of the molecule is CCCC(CCNC[C@H](C)Oc1cccc(OCC(CC)CC)c1)COc1cccc(O[C@@H](C)CN)c1. The number of hydrogen-bond donors (Lipinski definition) is 2. The lowest BCUT2D eigenvalue weighted by atomic mass is 10.0. The number of nitrogens with one attached hydrogen (secondary N) is 1. The van der Waals surface area contributed by atoms with E-state index in [-0.39, 0.29) is 12.2 Å². The van der Waals surface area contributed by atoms with Crippen LogP contribution in [0.5, 0.6) is 23.0 Å². The van der Waals surface area contributed by atoms with Crippen molar-refractivity contribution >= 4 is 0 Å². The molecule has 2 aromatic carbocycles. The van der Waals surface area contributed by atoms with Crippen LogP contribution in [0.15, 0.2) is 48.5 Å². The van der Waals surface area contributed by atoms with Gasteiger partial charge in [0.05, 0.1) is 13.2 Å². The van der Waals surface area contributed by atoms with Crippen LogP contribution in [0.3, 0.4) is 0 Å². The van der Waals surface area contributed by atoms with Crippen molar-refractivity contribution in [1.29, 1.82) is 0 Å². The van der Waals surface area contributed by atoms with Crippen molar-refractivity contribution in [3.05, 3.63) is 48.5 Å². The van der Waals surface area contributed by atoms with E-state index in [1.165, 1.54) is 0 Å². The Balaban J connectivity index is 1.72. The van der Waals surface area contributed by atoms with Gasteiger partial charge in [-0.2, -0.15) is 0 Å². The second kappa shape index (κ2) is 17.9. The molecule has 0 aromatic heterocycles. The Kier molecular flexibility index (Phi) is 14.9. The molecule has 0 spiro atoms. The van der Waals surface area contributed by atoms with Gasteiger partial charge in [0.1, 0.15) is 35.2 Å². The Morgan fingerprint density at radius 1 is 0.730 bits per heavy atom. The maximum atomic E-state index is 6.13. The molecule has 37 heavy (non-hydrogen) atoms. The summed E-state index contributed by atoms with van der Waals surface area (Å²) in [6.45, 7) is 14.4. The van der Waals surface area contributed by atoms with E-state index in [4.69, 9.17) is 24.7 Å². The van der Waals surface area contributed by atoms with Gasteiger partial charge in [0.25, 0.3) is 0 Å². The van der Waals surface area contributed by atoms with Crippen molar-refractivity contribution < 1.29 is 18.9 Å². The summed E-state index contributed by atoms with van der Waals surface area (Å²) in [5, 5.41) is 3.56. The Labute approximate surface area is 225 Å². The highest BCUT2D eigenvalue weighted by Crippen LogP contribution is 2.23. The third kappa shape index (κ3) is 12.6. The van der Waals surface area contributed by atoms with E-state index in [1.807, 2.05) is 55.5 Å². The fraction of sp³-hybridized carbons (Fsp3) is 0.613. The van der Waals surface area contributed by atoms with Crippen LogP contribution in [0.4, 0.5) is 0 Å². The van der Waals surface area contributed by atoms with Crippen LogP contribution in [0.2, 0.25) is 0 Å². The Morgan fingerprint density at radius 2 is 1.27 bits per heavy atom. The molecular weight excluding hydrogens is 464 g/mol. The molecule has 0 fully saturated rings. The van der Waals surface area contributed by atoms with Crippen LogP contribution in [0.1, 0.15) is 66.7 Å². The first-order chi connectivity index (χ1) is 18.0. The lowest BCUT2D eigenvalue weighted by Gasteiger charge is -2.20. The molecule has 208 valence electrons. The Hall–Kier alpha value is -2.44. The molecule has 3 N–H and O–H groups in total. The summed E-state index contributed by atoms with van der Waals surface area (Å²) in [7, 11) is 0. The molecule has 0 aliphatic heterocycles. The van der Waals surface area contributed by atoms with Crippen molar-refractivity contribution in [2.75, 3.05) is 32.8 Å². The van der Waals surface area contributed by atoms with Crippen LogP contribution in [-0.4, -0.2) is 45.1 Å². The Bertz CT molecular complexity index is 859. The van der Waals surface area contributed by atoms with Gasteiger partial charge in [-0.25, -0.2) is 0 Å². The van der Waals surface area contributed by atoms with E-state index < -0.39 is 0 Å². The first kappa shape index (κ1) is 30.8. The highest BCUT2D eigenvalue weighted by molar-refractivity contribution is 5.33. The van der Waals surface area contributed by atoms with Crippen LogP contribution < -0.4 is 30.0 Å². The number of ether oxygens (including phenoxy) is 4. The molecule has 0 saturated heterocycles. The maximum absolute atomic E-state index is 6.13. The van der Waals surface area contributed by atoms with Gasteiger partial charge in [-0.15, -0.1) is 0 Å². The van der Waals surface area contributed by atoms with Gasteiger partial charge < -0.3 is 30.0 Å². The smallest absolute Gasteiger partial charge is 0.123 e. The normalized spacial score (nSPS) is 13.7. The highest BCUT2D eigenvalue weighted by Gasteiger charge is 2.12. The second-order valence-corrected chi connectivity index (χ2v) is 9.99. The third-order valence-electron chi connectivity index (χ3n) is 6.60. The number of rotatable bonds is 20. The molecule has 0 heterocycles. The number of hydrogen-bond acceptors (Lipinski definition) is 6. The van der Waals surface area contributed by atoms with Gasteiger partial charge in [0.2, 0.25) is 0 Å². The van der Waals surface area contributed by atoms with Crippen molar-refractivity contribution in [2.45, 2.75) is 78.9 Å². The van der Waals surface area contributed by atoms with E-state index in [2.05, 4.69) is 33.0 Å². The molecule has 6 nitrogen and oxygen atoms in total. The van der Waals surface area contributed by atoms with Crippen molar-refractivity contribution in [1.82, 2.24) is 5.32 Å². The molecule has 0 amide bonds. The zero-order chi connectivity index (χ0) is 26.9. The summed E-state index contributed by atoms with van der Waals surface area (Å²) in [5.41, 5.74) is 5.66. The third-order valence-corrected chi connectivity index (χ3v) is 6.60. The summed E-state index contributed by atoms with van der Waals surface area (Å²) in [6.07, 6.45) is 5.65. The lowest BCUT2D eigenvalue weighted by Crippen LogP contribution is -2.31. The molecular formula is C31H50N2O4. The summed E-state index contributed by atoms with van der Waals surface area (Å²) in [5.74, 6) is 4.44. The Morgan fingerprint density at radius 3 is 1.81 bits per heavy atom. The quantitative estimate of drug-likeness (QED) is 0.197. The minimum absolute atomic E-state index is 0.0165. The minimum atomic E-state index is -0.0165. The molecule has 0 aliphatic carbocycles. The molecule has 3 atom stereocenters. The first-order valence-electron chi connectivity index (χ1n) is 14.2. The van der Waals surface area contributed by atoms with Crippen LogP contribution in [0, 0.1) is 11.8 Å². The van der Waals surface area contributed by atoms with Gasteiger partial charge in [-0.3, -0.25) is 0 Å². The van der Waals surface area contributed by atoms with Crippen molar-refractivity contribution in [2.24, 2.45) is 17.6 Å². The molecule has 6 heteroatoms. The van der Waals surface area contributed by atoms with Crippen LogP contribution >= 0.6 is 0 Å². The zero-order valence-electron chi connectivity index (χ0n) is 23.7. The average molecular weight is 515 g/mol. The molecule has 0 radical (unpaired) electrons. The van der Waals surface area contributed by atoms with E-state index in [1.54, 1.807) is 0 Å². The maximum Gasteiger partial charge on any atom is 0.123 e. The molecule has 2 aromatic rings. The summed E-state index contributed by atoms with van der Waals surface area (Å²) < 4.78 is 24.0. The molecule has 2 rings (SSSR count). The standard InChI is InChI=1S/C31H50N2O4/c1-6-11-27(23-35-29-13-9-14-30(18-29)36-24(4)20-32)16-17-33-21-25(5)37-31-15-10-12-28(19-31)34-22-26(7-2)8-3/h9-10,12-15,18-19,24-27,33H,6-8,11,16-17,20-23,32H2,1-5H3/t24-,25-,27?/m0/s1. The first-order valence-corrected chi connectivity index (χ1v) is 14.2. The second-order valence-electron chi connectivity index (χ2n) is 9.99. The molecule has 0 aliphatic rings. The van der Waals surface area contributed by atoms with Crippen LogP contribution in [-0.2, 0) is 0 Å². The molecule has 0 saturated carbocycles. The predicted octanol–water partition coefficient (Wildman–Crippen LogP) is 6.47. The van der Waals surface area contributed by atoms with E-state index >= 15 is 0 Å². The lowest BCUT2D eigenvalue weighted by molar-refractivity contribution is 0.204. The van der Waals surface area contributed by atoms with Gasteiger partial charge >= 0.3 is 0 Å². The average Bonchev–Trinajstić information content (AvgIpc) is 2.90. The van der Waals surface area contributed by atoms with E-state index in [9.17, 15) is 0 Å².